The lowest BCUT2D eigenvalue weighted by atomic mass is 9.64. The van der Waals surface area contributed by atoms with Gasteiger partial charge in [-0.15, -0.1) is 0 Å². The van der Waals surface area contributed by atoms with Crippen molar-refractivity contribution in [1.82, 2.24) is 0 Å². The fourth-order valence-electron chi connectivity index (χ4n) is 2.54. The van der Waals surface area contributed by atoms with Crippen LogP contribution in [0.25, 0.3) is 0 Å². The predicted molar refractivity (Wildman–Crippen MR) is 62.8 cm³/mol. The molecule has 1 unspecified atom stereocenters. The molecular weight excluding hydrogens is 198 g/mol. The van der Waals surface area contributed by atoms with Crippen LogP contribution in [0.2, 0.25) is 0 Å². The van der Waals surface area contributed by atoms with Crippen LogP contribution in [0.15, 0.2) is 18.2 Å². The van der Waals surface area contributed by atoms with Crippen LogP contribution >= 0.6 is 0 Å². The highest BCUT2D eigenvalue weighted by Gasteiger charge is 2.45. The van der Waals surface area contributed by atoms with E-state index >= 15 is 0 Å². The highest BCUT2D eigenvalue weighted by Crippen LogP contribution is 2.50. The Bertz CT molecular complexity index is 420. The van der Waals surface area contributed by atoms with Crippen molar-refractivity contribution in [3.05, 3.63) is 34.9 Å². The van der Waals surface area contributed by atoms with Crippen molar-refractivity contribution >= 4 is 0 Å². The Morgan fingerprint density at radius 3 is 2.25 bits per heavy atom. The summed E-state index contributed by atoms with van der Waals surface area (Å²) in [4.78, 5) is 0. The van der Waals surface area contributed by atoms with Gasteiger partial charge in [-0.05, 0) is 43.4 Å². The van der Waals surface area contributed by atoms with Gasteiger partial charge in [0.25, 0.3) is 0 Å². The van der Waals surface area contributed by atoms with Crippen LogP contribution in [0.1, 0.15) is 42.1 Å². The molecular formula is C14H17NO. The molecule has 1 aliphatic rings. The molecule has 0 amide bonds. The fraction of sp³-hybridized carbons (Fsp3) is 0.500. The van der Waals surface area contributed by atoms with E-state index in [1.807, 2.05) is 32.0 Å². The number of benzene rings is 1. The van der Waals surface area contributed by atoms with Crippen molar-refractivity contribution in [3.63, 3.8) is 0 Å². The number of aliphatic hydroxyl groups is 1. The quantitative estimate of drug-likeness (QED) is 0.824. The van der Waals surface area contributed by atoms with Gasteiger partial charge in [0.2, 0.25) is 0 Å². The lowest BCUT2D eigenvalue weighted by Crippen LogP contribution is -2.35. The van der Waals surface area contributed by atoms with Crippen LogP contribution < -0.4 is 0 Å². The van der Waals surface area contributed by atoms with Gasteiger partial charge in [-0.25, -0.2) is 0 Å². The first-order valence-corrected chi connectivity index (χ1v) is 5.76. The zero-order valence-electron chi connectivity index (χ0n) is 9.83. The second-order valence-electron chi connectivity index (χ2n) is 4.83. The van der Waals surface area contributed by atoms with E-state index in [1.165, 1.54) is 0 Å². The molecule has 1 atom stereocenters. The molecule has 2 rings (SSSR count). The second kappa shape index (κ2) is 3.92. The van der Waals surface area contributed by atoms with Crippen molar-refractivity contribution in [2.45, 2.75) is 39.2 Å². The molecule has 1 aromatic carbocycles. The van der Waals surface area contributed by atoms with E-state index in [0.29, 0.717) is 0 Å². The number of aliphatic hydroxyl groups excluding tert-OH is 1. The maximum atomic E-state index is 10.4. The van der Waals surface area contributed by atoms with Crippen LogP contribution in [-0.4, -0.2) is 5.11 Å². The summed E-state index contributed by atoms with van der Waals surface area (Å²) in [5, 5.41) is 19.7. The van der Waals surface area contributed by atoms with Gasteiger partial charge in [0.05, 0.1) is 17.6 Å². The molecule has 2 heteroatoms. The first-order valence-electron chi connectivity index (χ1n) is 5.76. The number of hydrogen-bond acceptors (Lipinski definition) is 2. The molecule has 2 nitrogen and oxygen atoms in total. The van der Waals surface area contributed by atoms with Crippen LogP contribution in [0.4, 0.5) is 0 Å². The standard InChI is InChI=1S/C14H17NO/c1-10-5-3-6-11(2)12(10)13(16)14(9-15)7-4-8-14/h3,5-6,13,16H,4,7-8H2,1-2H3. The van der Waals surface area contributed by atoms with Gasteiger partial charge >= 0.3 is 0 Å². The van der Waals surface area contributed by atoms with E-state index in [4.69, 9.17) is 0 Å². The number of hydrogen-bond donors (Lipinski definition) is 1. The van der Waals surface area contributed by atoms with Crippen LogP contribution in [0, 0.1) is 30.6 Å². The molecule has 1 aliphatic carbocycles. The Kier molecular flexibility index (Phi) is 2.73. The topological polar surface area (TPSA) is 44.0 Å². The Morgan fingerprint density at radius 2 is 1.88 bits per heavy atom. The van der Waals surface area contributed by atoms with E-state index in [0.717, 1.165) is 36.0 Å². The monoisotopic (exact) mass is 215 g/mol. The molecule has 0 heterocycles. The summed E-state index contributed by atoms with van der Waals surface area (Å²) in [5.74, 6) is 0. The van der Waals surface area contributed by atoms with Crippen molar-refractivity contribution in [2.24, 2.45) is 5.41 Å². The van der Waals surface area contributed by atoms with E-state index in [2.05, 4.69) is 6.07 Å². The summed E-state index contributed by atoms with van der Waals surface area (Å²) >= 11 is 0. The molecule has 1 fully saturated rings. The molecule has 0 aromatic heterocycles. The van der Waals surface area contributed by atoms with E-state index in [-0.39, 0.29) is 0 Å². The number of nitriles is 1. The smallest absolute Gasteiger partial charge is 0.0981 e. The van der Waals surface area contributed by atoms with Crippen LogP contribution in [0.3, 0.4) is 0 Å². The van der Waals surface area contributed by atoms with Crippen molar-refractivity contribution in [2.75, 3.05) is 0 Å². The molecule has 1 aromatic rings. The maximum Gasteiger partial charge on any atom is 0.0981 e. The molecule has 0 spiro atoms. The Balaban J connectivity index is 2.41. The summed E-state index contributed by atoms with van der Waals surface area (Å²) in [5.41, 5.74) is 2.57. The predicted octanol–water partition coefficient (Wildman–Crippen LogP) is 3.03. The van der Waals surface area contributed by atoms with Gasteiger partial charge in [-0.1, -0.05) is 24.6 Å². The molecule has 84 valence electrons. The third-order valence-electron chi connectivity index (χ3n) is 3.81. The molecule has 1 N–H and O–H groups in total. The Hall–Kier alpha value is -1.33. The average molecular weight is 215 g/mol. The fourth-order valence-corrected chi connectivity index (χ4v) is 2.54. The average Bonchev–Trinajstić information content (AvgIpc) is 2.16. The van der Waals surface area contributed by atoms with Gasteiger partial charge in [0.15, 0.2) is 0 Å². The Morgan fingerprint density at radius 1 is 1.31 bits per heavy atom. The largest absolute Gasteiger partial charge is 0.387 e. The first kappa shape index (κ1) is 11.2. The summed E-state index contributed by atoms with van der Waals surface area (Å²) in [7, 11) is 0. The van der Waals surface area contributed by atoms with Gasteiger partial charge in [-0.2, -0.15) is 5.26 Å². The normalized spacial score (nSPS) is 19.6. The SMILES string of the molecule is Cc1cccc(C)c1C(O)C1(C#N)CCC1. The summed E-state index contributed by atoms with van der Waals surface area (Å²) in [6.07, 6.45) is 2.05. The summed E-state index contributed by atoms with van der Waals surface area (Å²) < 4.78 is 0. The lowest BCUT2D eigenvalue weighted by Gasteiger charge is -2.40. The number of rotatable bonds is 2. The van der Waals surface area contributed by atoms with Gasteiger partial charge in [0.1, 0.15) is 0 Å². The van der Waals surface area contributed by atoms with Crippen molar-refractivity contribution in [3.8, 4) is 6.07 Å². The van der Waals surface area contributed by atoms with Crippen LogP contribution in [0.5, 0.6) is 0 Å². The minimum absolute atomic E-state index is 0.531. The van der Waals surface area contributed by atoms with Crippen molar-refractivity contribution < 1.29 is 5.11 Å². The Labute approximate surface area is 96.5 Å². The van der Waals surface area contributed by atoms with Gasteiger partial charge in [0, 0.05) is 0 Å². The summed E-state index contributed by atoms with van der Waals surface area (Å²) in [6.45, 7) is 3.99. The van der Waals surface area contributed by atoms with E-state index in [1.54, 1.807) is 0 Å². The van der Waals surface area contributed by atoms with Crippen molar-refractivity contribution in [1.29, 1.82) is 5.26 Å². The highest BCUT2D eigenvalue weighted by molar-refractivity contribution is 5.38. The van der Waals surface area contributed by atoms with Gasteiger partial charge < -0.3 is 5.11 Å². The third kappa shape index (κ3) is 1.52. The summed E-state index contributed by atoms with van der Waals surface area (Å²) in [6, 6.07) is 8.30. The zero-order chi connectivity index (χ0) is 11.8. The first-order chi connectivity index (χ1) is 7.60. The maximum absolute atomic E-state index is 10.4. The third-order valence-corrected chi connectivity index (χ3v) is 3.81. The lowest BCUT2D eigenvalue weighted by molar-refractivity contribution is 0.00713. The molecule has 1 saturated carbocycles. The molecule has 16 heavy (non-hydrogen) atoms. The zero-order valence-corrected chi connectivity index (χ0v) is 9.83. The van der Waals surface area contributed by atoms with Gasteiger partial charge in [-0.3, -0.25) is 0 Å². The second-order valence-corrected chi connectivity index (χ2v) is 4.83. The minimum Gasteiger partial charge on any atom is -0.387 e. The number of aryl methyl sites for hydroxylation is 2. The molecule has 0 aliphatic heterocycles. The molecule has 0 bridgehead atoms. The van der Waals surface area contributed by atoms with E-state index in [9.17, 15) is 10.4 Å². The van der Waals surface area contributed by atoms with Crippen LogP contribution in [-0.2, 0) is 0 Å². The minimum atomic E-state index is -0.632. The van der Waals surface area contributed by atoms with E-state index < -0.39 is 11.5 Å². The molecule has 0 radical (unpaired) electrons. The number of nitrogens with zero attached hydrogens (tertiary/aromatic N) is 1. The molecule has 0 saturated heterocycles. The highest BCUT2D eigenvalue weighted by atomic mass is 16.3.